The number of rotatable bonds is 3. The molecule has 0 aromatic rings. The maximum Gasteiger partial charge on any atom is 0.331 e. The number of aliphatic hydroxyl groups excluding tert-OH is 1. The number of hydrogen-bond donors (Lipinski definition) is 1. The molecule has 128 valence electrons. The third-order valence-electron chi connectivity index (χ3n) is 3.16. The number of ether oxygens (including phenoxy) is 3. The highest BCUT2D eigenvalue weighted by atomic mass is 16.6. The lowest BCUT2D eigenvalue weighted by Crippen LogP contribution is -2.35. The normalized spacial score (nSPS) is 30.3. The van der Waals surface area contributed by atoms with E-state index in [0.717, 1.165) is 0 Å². The van der Waals surface area contributed by atoms with Crippen LogP contribution in [-0.4, -0.2) is 47.4 Å². The van der Waals surface area contributed by atoms with Crippen LogP contribution in [0.1, 0.15) is 33.6 Å². The number of esters is 3. The standard InChI is InChI=1S/C16H22O7/c1-4-5-15(19)23-13-7-6-12(18)14(22-11(3)17)8-9-16(20)21-10(13)2/h4-7,10,12-14,18H,8-9H2,1-3H3/b5-4+,7-6-/t10-,12-,13-,14-/m1/s1. The molecule has 1 aliphatic rings. The van der Waals surface area contributed by atoms with Gasteiger partial charge >= 0.3 is 17.9 Å². The van der Waals surface area contributed by atoms with E-state index >= 15 is 0 Å². The molecule has 0 saturated carbocycles. The molecule has 0 aromatic heterocycles. The molecule has 4 atom stereocenters. The molecule has 0 aliphatic carbocycles. The lowest BCUT2D eigenvalue weighted by molar-refractivity contribution is -0.163. The Morgan fingerprint density at radius 3 is 2.65 bits per heavy atom. The van der Waals surface area contributed by atoms with Crippen molar-refractivity contribution in [2.45, 2.75) is 58.0 Å². The quantitative estimate of drug-likeness (QED) is 0.358. The molecule has 0 aromatic carbocycles. The van der Waals surface area contributed by atoms with Crippen LogP contribution in [0.15, 0.2) is 24.3 Å². The topological polar surface area (TPSA) is 99.1 Å². The van der Waals surface area contributed by atoms with Gasteiger partial charge in [0.25, 0.3) is 0 Å². The highest BCUT2D eigenvalue weighted by molar-refractivity contribution is 5.82. The predicted molar refractivity (Wildman–Crippen MR) is 80.2 cm³/mol. The zero-order valence-electron chi connectivity index (χ0n) is 13.4. The van der Waals surface area contributed by atoms with Gasteiger partial charge in [0.1, 0.15) is 18.3 Å². The van der Waals surface area contributed by atoms with Crippen molar-refractivity contribution in [1.82, 2.24) is 0 Å². The Morgan fingerprint density at radius 2 is 2.04 bits per heavy atom. The van der Waals surface area contributed by atoms with Gasteiger partial charge in [-0.15, -0.1) is 0 Å². The Bertz CT molecular complexity index is 495. The summed E-state index contributed by atoms with van der Waals surface area (Å²) in [6, 6.07) is 0. The van der Waals surface area contributed by atoms with Crippen LogP contribution in [0.2, 0.25) is 0 Å². The fourth-order valence-corrected chi connectivity index (χ4v) is 2.05. The van der Waals surface area contributed by atoms with E-state index in [1.807, 2.05) is 0 Å². The summed E-state index contributed by atoms with van der Waals surface area (Å²) in [7, 11) is 0. The Balaban J connectivity index is 2.93. The van der Waals surface area contributed by atoms with Gasteiger partial charge in [-0.1, -0.05) is 12.2 Å². The second kappa shape index (κ2) is 9.09. The van der Waals surface area contributed by atoms with Gasteiger partial charge in [-0.25, -0.2) is 4.79 Å². The molecule has 0 radical (unpaired) electrons. The summed E-state index contributed by atoms with van der Waals surface area (Å²) in [4.78, 5) is 34.4. The summed E-state index contributed by atoms with van der Waals surface area (Å²) in [5.74, 6) is -1.67. The molecule has 7 heteroatoms. The van der Waals surface area contributed by atoms with Gasteiger partial charge in [-0.3, -0.25) is 9.59 Å². The molecule has 0 saturated heterocycles. The fourth-order valence-electron chi connectivity index (χ4n) is 2.05. The summed E-state index contributed by atoms with van der Waals surface area (Å²) in [5, 5.41) is 10.1. The summed E-state index contributed by atoms with van der Waals surface area (Å²) in [5.41, 5.74) is 0. The number of allylic oxidation sites excluding steroid dienone is 1. The van der Waals surface area contributed by atoms with Crippen molar-refractivity contribution < 1.29 is 33.7 Å². The zero-order valence-corrected chi connectivity index (χ0v) is 13.4. The van der Waals surface area contributed by atoms with Crippen molar-refractivity contribution in [3.8, 4) is 0 Å². The van der Waals surface area contributed by atoms with E-state index in [2.05, 4.69) is 0 Å². The Kier molecular flexibility index (Phi) is 7.47. The van der Waals surface area contributed by atoms with Crippen molar-refractivity contribution in [2.24, 2.45) is 0 Å². The van der Waals surface area contributed by atoms with E-state index in [9.17, 15) is 19.5 Å². The summed E-state index contributed by atoms with van der Waals surface area (Å²) >= 11 is 0. The highest BCUT2D eigenvalue weighted by Crippen LogP contribution is 2.16. The Morgan fingerprint density at radius 1 is 1.35 bits per heavy atom. The Hall–Kier alpha value is -2.15. The molecule has 0 unspecified atom stereocenters. The minimum atomic E-state index is -1.11. The molecule has 1 N–H and O–H groups in total. The number of hydrogen-bond acceptors (Lipinski definition) is 7. The van der Waals surface area contributed by atoms with Crippen molar-refractivity contribution in [3.05, 3.63) is 24.3 Å². The van der Waals surface area contributed by atoms with Gasteiger partial charge < -0.3 is 19.3 Å². The largest absolute Gasteiger partial charge is 0.459 e. The summed E-state index contributed by atoms with van der Waals surface area (Å²) in [6.45, 7) is 4.48. The maximum atomic E-state index is 11.8. The van der Waals surface area contributed by atoms with Crippen molar-refractivity contribution >= 4 is 17.9 Å². The van der Waals surface area contributed by atoms with Crippen LogP contribution in [0.25, 0.3) is 0 Å². The first kappa shape index (κ1) is 18.9. The van der Waals surface area contributed by atoms with E-state index in [4.69, 9.17) is 14.2 Å². The molecule has 1 heterocycles. The molecule has 0 fully saturated rings. The minimum Gasteiger partial charge on any atom is -0.459 e. The smallest absolute Gasteiger partial charge is 0.331 e. The maximum absolute atomic E-state index is 11.8. The molecule has 1 aliphatic heterocycles. The second-order valence-corrected chi connectivity index (χ2v) is 5.16. The molecule has 0 bridgehead atoms. The number of carbonyl (C=O) groups is 3. The van der Waals surface area contributed by atoms with Crippen LogP contribution in [0.5, 0.6) is 0 Å². The average Bonchev–Trinajstić information content (AvgIpc) is 2.46. The second-order valence-electron chi connectivity index (χ2n) is 5.16. The molecule has 23 heavy (non-hydrogen) atoms. The van der Waals surface area contributed by atoms with Gasteiger partial charge in [-0.2, -0.15) is 0 Å². The van der Waals surface area contributed by atoms with E-state index in [0.29, 0.717) is 0 Å². The third-order valence-corrected chi connectivity index (χ3v) is 3.16. The van der Waals surface area contributed by atoms with Crippen molar-refractivity contribution in [1.29, 1.82) is 0 Å². The van der Waals surface area contributed by atoms with E-state index < -0.39 is 42.3 Å². The van der Waals surface area contributed by atoms with E-state index in [-0.39, 0.29) is 12.8 Å². The van der Waals surface area contributed by atoms with Crippen LogP contribution in [0, 0.1) is 0 Å². The van der Waals surface area contributed by atoms with Gasteiger partial charge in [0.2, 0.25) is 0 Å². The van der Waals surface area contributed by atoms with Gasteiger partial charge in [0.05, 0.1) is 0 Å². The first-order valence-electron chi connectivity index (χ1n) is 7.40. The number of aliphatic hydroxyl groups is 1. The van der Waals surface area contributed by atoms with E-state index in [1.165, 1.54) is 31.2 Å². The molecular weight excluding hydrogens is 304 g/mol. The van der Waals surface area contributed by atoms with Gasteiger partial charge in [-0.05, 0) is 26.3 Å². The van der Waals surface area contributed by atoms with Crippen LogP contribution in [-0.2, 0) is 28.6 Å². The Labute approximate surface area is 134 Å². The summed E-state index contributed by atoms with van der Waals surface area (Å²) < 4.78 is 15.4. The lowest BCUT2D eigenvalue weighted by Gasteiger charge is -2.25. The summed E-state index contributed by atoms with van der Waals surface area (Å²) in [6.07, 6.45) is 2.13. The zero-order chi connectivity index (χ0) is 17.4. The highest BCUT2D eigenvalue weighted by Gasteiger charge is 2.27. The number of cyclic esters (lactones) is 1. The first-order chi connectivity index (χ1) is 10.8. The van der Waals surface area contributed by atoms with Crippen LogP contribution in [0.4, 0.5) is 0 Å². The van der Waals surface area contributed by atoms with Gasteiger partial charge in [0, 0.05) is 19.4 Å². The van der Waals surface area contributed by atoms with Gasteiger partial charge in [0.15, 0.2) is 6.10 Å². The molecular formula is C16H22O7. The predicted octanol–water partition coefficient (Wildman–Crippen LogP) is 1.05. The molecule has 7 nitrogen and oxygen atoms in total. The minimum absolute atomic E-state index is 0.0251. The monoisotopic (exact) mass is 326 g/mol. The van der Waals surface area contributed by atoms with E-state index in [1.54, 1.807) is 13.8 Å². The molecule has 0 spiro atoms. The van der Waals surface area contributed by atoms with Crippen LogP contribution >= 0.6 is 0 Å². The first-order valence-corrected chi connectivity index (χ1v) is 7.40. The van der Waals surface area contributed by atoms with Crippen LogP contribution in [0.3, 0.4) is 0 Å². The van der Waals surface area contributed by atoms with Crippen molar-refractivity contribution in [2.75, 3.05) is 0 Å². The lowest BCUT2D eigenvalue weighted by atomic mass is 10.0. The molecule has 1 rings (SSSR count). The van der Waals surface area contributed by atoms with Crippen LogP contribution < -0.4 is 0 Å². The third kappa shape index (κ3) is 6.65. The SMILES string of the molecule is C/C=C/C(=O)O[C@@H]1/C=C\[C@@H](O)[C@H](OC(C)=O)CCC(=O)O[C@@H]1C. The van der Waals surface area contributed by atoms with Crippen molar-refractivity contribution in [3.63, 3.8) is 0 Å². The molecule has 0 amide bonds. The number of carbonyl (C=O) groups excluding carboxylic acids is 3. The average molecular weight is 326 g/mol. The fraction of sp³-hybridized carbons (Fsp3) is 0.562.